The average Bonchev–Trinajstić information content (AvgIpc) is 2.65. The van der Waals surface area contributed by atoms with Crippen LogP contribution in [-0.2, 0) is 6.42 Å². The van der Waals surface area contributed by atoms with Gasteiger partial charge >= 0.3 is 5.97 Å². The molecule has 5 heteroatoms. The number of nitrogens with zero attached hydrogens (tertiary/aromatic N) is 2. The second-order valence-electron chi connectivity index (χ2n) is 5.92. The second-order valence-corrected chi connectivity index (χ2v) is 5.92. The number of aromatic carboxylic acids is 1. The average molecular weight is 352 g/mol. The van der Waals surface area contributed by atoms with Gasteiger partial charge in [0.1, 0.15) is 5.75 Å². The standard InChI is InChI=1S/C21H24N2O3/c1-5-11-23(12-9-17-7-6-15(2)13-20(17)26-4)16(3)19-14-18(21(24)25)8-10-22-19/h5-8,10-11,13-14H,3,9,12H2,1-2,4H3,(H,24,25)/b11-5-. The van der Waals surface area contributed by atoms with Crippen molar-refractivity contribution in [2.24, 2.45) is 0 Å². The molecule has 1 heterocycles. The van der Waals surface area contributed by atoms with Crippen LogP contribution in [0.1, 0.15) is 34.1 Å². The van der Waals surface area contributed by atoms with E-state index in [9.17, 15) is 4.79 Å². The van der Waals surface area contributed by atoms with Crippen LogP contribution in [0, 0.1) is 6.92 Å². The molecule has 1 N–H and O–H groups in total. The largest absolute Gasteiger partial charge is 0.496 e. The highest BCUT2D eigenvalue weighted by molar-refractivity contribution is 5.88. The van der Waals surface area contributed by atoms with Crippen molar-refractivity contribution < 1.29 is 14.6 Å². The Morgan fingerprint density at radius 3 is 2.77 bits per heavy atom. The van der Waals surface area contributed by atoms with Crippen LogP contribution in [0.4, 0.5) is 0 Å². The first-order chi connectivity index (χ1) is 12.5. The zero-order chi connectivity index (χ0) is 19.1. The van der Waals surface area contributed by atoms with E-state index < -0.39 is 5.97 Å². The van der Waals surface area contributed by atoms with Gasteiger partial charge in [0.15, 0.2) is 0 Å². The minimum absolute atomic E-state index is 0.191. The van der Waals surface area contributed by atoms with E-state index in [1.54, 1.807) is 7.11 Å². The van der Waals surface area contributed by atoms with E-state index in [4.69, 9.17) is 9.84 Å². The number of aromatic nitrogens is 1. The highest BCUT2D eigenvalue weighted by atomic mass is 16.5. The van der Waals surface area contributed by atoms with E-state index in [-0.39, 0.29) is 5.56 Å². The summed E-state index contributed by atoms with van der Waals surface area (Å²) in [6.45, 7) is 8.72. The number of aryl methyl sites for hydroxylation is 1. The van der Waals surface area contributed by atoms with Gasteiger partial charge in [-0.25, -0.2) is 4.79 Å². The fraction of sp³-hybridized carbons (Fsp3) is 0.238. The van der Waals surface area contributed by atoms with Crippen LogP contribution in [0.2, 0.25) is 0 Å². The van der Waals surface area contributed by atoms with E-state index in [0.717, 1.165) is 23.3 Å². The number of hydrogen-bond acceptors (Lipinski definition) is 4. The van der Waals surface area contributed by atoms with Crippen molar-refractivity contribution in [1.82, 2.24) is 9.88 Å². The van der Waals surface area contributed by atoms with Crippen molar-refractivity contribution in [2.45, 2.75) is 20.3 Å². The summed E-state index contributed by atoms with van der Waals surface area (Å²) < 4.78 is 5.47. The molecule has 0 spiro atoms. The van der Waals surface area contributed by atoms with Crippen LogP contribution in [-0.4, -0.2) is 34.6 Å². The van der Waals surface area contributed by atoms with Crippen LogP contribution in [0.15, 0.2) is 55.4 Å². The Balaban J connectivity index is 2.20. The minimum atomic E-state index is -0.983. The Hall–Kier alpha value is -3.08. The maximum absolute atomic E-state index is 11.2. The number of benzene rings is 1. The Labute approximate surface area is 154 Å². The number of ether oxygens (including phenoxy) is 1. The first-order valence-corrected chi connectivity index (χ1v) is 8.38. The van der Waals surface area contributed by atoms with Crippen LogP contribution in [0.25, 0.3) is 5.70 Å². The van der Waals surface area contributed by atoms with Crippen molar-refractivity contribution >= 4 is 11.7 Å². The van der Waals surface area contributed by atoms with Crippen molar-refractivity contribution in [1.29, 1.82) is 0 Å². The molecule has 26 heavy (non-hydrogen) atoms. The number of carboxylic acids is 1. The Morgan fingerprint density at radius 1 is 1.35 bits per heavy atom. The van der Waals surface area contributed by atoms with Gasteiger partial charge in [-0.15, -0.1) is 0 Å². The van der Waals surface area contributed by atoms with Crippen molar-refractivity contribution in [3.05, 3.63) is 77.8 Å². The molecule has 0 saturated carbocycles. The molecule has 0 unspecified atom stereocenters. The van der Waals surface area contributed by atoms with E-state index in [0.29, 0.717) is 17.9 Å². The summed E-state index contributed by atoms with van der Waals surface area (Å²) in [6, 6.07) is 9.14. The lowest BCUT2D eigenvalue weighted by Crippen LogP contribution is -2.19. The summed E-state index contributed by atoms with van der Waals surface area (Å²) in [6.07, 6.45) is 6.07. The van der Waals surface area contributed by atoms with Gasteiger partial charge in [-0.3, -0.25) is 4.98 Å². The topological polar surface area (TPSA) is 62.7 Å². The lowest BCUT2D eigenvalue weighted by molar-refractivity contribution is 0.0696. The minimum Gasteiger partial charge on any atom is -0.496 e. The third-order valence-corrected chi connectivity index (χ3v) is 4.04. The summed E-state index contributed by atoms with van der Waals surface area (Å²) >= 11 is 0. The summed E-state index contributed by atoms with van der Waals surface area (Å²) in [7, 11) is 1.67. The molecule has 0 aliphatic rings. The van der Waals surface area contributed by atoms with Gasteiger partial charge in [0, 0.05) is 12.7 Å². The normalized spacial score (nSPS) is 10.7. The molecule has 0 fully saturated rings. The molecule has 5 nitrogen and oxygen atoms in total. The molecule has 0 bridgehead atoms. The van der Waals surface area contributed by atoms with Crippen molar-refractivity contribution in [2.75, 3.05) is 13.7 Å². The SMILES string of the molecule is C=C(c1cc(C(=O)O)ccn1)N(/C=C\C)CCc1ccc(C)cc1OC. The number of rotatable bonds is 8. The highest BCUT2D eigenvalue weighted by Crippen LogP contribution is 2.23. The first kappa shape index (κ1) is 19.2. The number of methoxy groups -OCH3 is 1. The summed E-state index contributed by atoms with van der Waals surface area (Å²) in [4.78, 5) is 17.4. The van der Waals surface area contributed by atoms with Gasteiger partial charge in [0.2, 0.25) is 0 Å². The van der Waals surface area contributed by atoms with Crippen molar-refractivity contribution in [3.63, 3.8) is 0 Å². The van der Waals surface area contributed by atoms with Gasteiger partial charge in [0.25, 0.3) is 0 Å². The molecular formula is C21H24N2O3. The molecule has 2 rings (SSSR count). The van der Waals surface area contributed by atoms with Crippen LogP contribution in [0.5, 0.6) is 5.75 Å². The van der Waals surface area contributed by atoms with Crippen LogP contribution >= 0.6 is 0 Å². The molecule has 136 valence electrons. The highest BCUT2D eigenvalue weighted by Gasteiger charge is 2.13. The van der Waals surface area contributed by atoms with Crippen LogP contribution in [0.3, 0.4) is 0 Å². The van der Waals surface area contributed by atoms with Gasteiger partial charge in [0.05, 0.1) is 24.1 Å². The summed E-state index contributed by atoms with van der Waals surface area (Å²) in [5.74, 6) is -0.120. The van der Waals surface area contributed by atoms with Gasteiger partial charge in [-0.1, -0.05) is 24.8 Å². The third-order valence-electron chi connectivity index (χ3n) is 4.04. The predicted octanol–water partition coefficient (Wildman–Crippen LogP) is 4.15. The molecule has 0 aliphatic carbocycles. The quantitative estimate of drug-likeness (QED) is 0.773. The van der Waals surface area contributed by atoms with E-state index in [1.807, 2.05) is 37.1 Å². The fourth-order valence-electron chi connectivity index (χ4n) is 2.65. The number of pyridine rings is 1. The number of hydrogen-bond donors (Lipinski definition) is 1. The number of carbonyl (C=O) groups is 1. The third kappa shape index (κ3) is 4.72. The Morgan fingerprint density at radius 2 is 2.12 bits per heavy atom. The molecule has 1 aromatic heterocycles. The van der Waals surface area contributed by atoms with Gasteiger partial charge < -0.3 is 14.7 Å². The zero-order valence-corrected chi connectivity index (χ0v) is 15.4. The second kappa shape index (κ2) is 8.85. The fourth-order valence-corrected chi connectivity index (χ4v) is 2.65. The zero-order valence-electron chi connectivity index (χ0n) is 15.4. The van der Waals surface area contributed by atoms with E-state index in [1.165, 1.54) is 18.3 Å². The predicted molar refractivity (Wildman–Crippen MR) is 103 cm³/mol. The molecule has 0 saturated heterocycles. The first-order valence-electron chi connectivity index (χ1n) is 8.38. The number of allylic oxidation sites excluding steroid dienone is 1. The Bertz CT molecular complexity index is 828. The maximum atomic E-state index is 11.2. The van der Waals surface area contributed by atoms with Gasteiger partial charge in [-0.05, 0) is 55.8 Å². The molecule has 0 amide bonds. The molecule has 0 radical (unpaired) electrons. The smallest absolute Gasteiger partial charge is 0.335 e. The lowest BCUT2D eigenvalue weighted by Gasteiger charge is -2.23. The molecule has 2 aromatic rings. The maximum Gasteiger partial charge on any atom is 0.335 e. The monoisotopic (exact) mass is 352 g/mol. The molecule has 0 atom stereocenters. The molecule has 1 aromatic carbocycles. The Kier molecular flexibility index (Phi) is 6.55. The number of carboxylic acid groups (broad SMARTS) is 1. The van der Waals surface area contributed by atoms with E-state index in [2.05, 4.69) is 23.7 Å². The summed E-state index contributed by atoms with van der Waals surface area (Å²) in [5.41, 5.74) is 3.63. The molecule has 0 aliphatic heterocycles. The van der Waals surface area contributed by atoms with Gasteiger partial charge in [-0.2, -0.15) is 0 Å². The van der Waals surface area contributed by atoms with Crippen molar-refractivity contribution in [3.8, 4) is 5.75 Å². The van der Waals surface area contributed by atoms with E-state index >= 15 is 0 Å². The lowest BCUT2D eigenvalue weighted by atomic mass is 10.1. The van der Waals surface area contributed by atoms with Crippen LogP contribution < -0.4 is 4.74 Å². The summed E-state index contributed by atoms with van der Waals surface area (Å²) in [5, 5.41) is 9.17. The molecular weight excluding hydrogens is 328 g/mol.